The lowest BCUT2D eigenvalue weighted by atomic mass is 10.2. The van der Waals surface area contributed by atoms with Gasteiger partial charge in [0.15, 0.2) is 0 Å². The Hall–Kier alpha value is -1.42. The number of amides is 1. The molecule has 2 rings (SSSR count). The van der Waals surface area contributed by atoms with E-state index in [2.05, 4.69) is 5.32 Å². The van der Waals surface area contributed by atoms with Crippen LogP contribution < -0.4 is 11.1 Å². The Morgan fingerprint density at radius 3 is 2.78 bits per heavy atom. The lowest BCUT2D eigenvalue weighted by Crippen LogP contribution is -2.39. The maximum Gasteiger partial charge on any atom is 0.244 e. The molecular formula is C13H18ClN3O. The molecule has 4 nitrogen and oxygen atoms in total. The van der Waals surface area contributed by atoms with Gasteiger partial charge in [-0.1, -0.05) is 11.6 Å². The maximum absolute atomic E-state index is 12.1. The molecule has 1 saturated heterocycles. The Morgan fingerprint density at radius 2 is 2.11 bits per heavy atom. The van der Waals surface area contributed by atoms with Gasteiger partial charge in [0.2, 0.25) is 5.91 Å². The Kier molecular flexibility index (Phi) is 3.97. The summed E-state index contributed by atoms with van der Waals surface area (Å²) in [7, 11) is 0. The van der Waals surface area contributed by atoms with Gasteiger partial charge in [0, 0.05) is 18.1 Å². The van der Waals surface area contributed by atoms with Crippen LogP contribution in [0.1, 0.15) is 19.8 Å². The predicted molar refractivity (Wildman–Crippen MR) is 74.8 cm³/mol. The summed E-state index contributed by atoms with van der Waals surface area (Å²) < 4.78 is 0. The van der Waals surface area contributed by atoms with Gasteiger partial charge < -0.3 is 16.0 Å². The molecule has 1 unspecified atom stereocenters. The van der Waals surface area contributed by atoms with E-state index in [9.17, 15) is 4.79 Å². The highest BCUT2D eigenvalue weighted by Gasteiger charge is 2.23. The normalized spacial score (nSPS) is 16.7. The number of hydrogen-bond donors (Lipinski definition) is 2. The van der Waals surface area contributed by atoms with Crippen molar-refractivity contribution in [3.8, 4) is 0 Å². The predicted octanol–water partition coefficient (Wildman–Crippen LogP) is 2.34. The van der Waals surface area contributed by atoms with E-state index in [4.69, 9.17) is 17.3 Å². The summed E-state index contributed by atoms with van der Waals surface area (Å²) in [5.74, 6) is 0.117. The average Bonchev–Trinajstić information content (AvgIpc) is 2.86. The second-order valence-electron chi connectivity index (χ2n) is 4.63. The lowest BCUT2D eigenvalue weighted by Gasteiger charge is -2.22. The fraction of sp³-hybridized carbons (Fsp3) is 0.462. The molecule has 0 aliphatic carbocycles. The first-order chi connectivity index (χ1) is 8.58. The van der Waals surface area contributed by atoms with Crippen LogP contribution in [0.3, 0.4) is 0 Å². The number of nitrogens with one attached hydrogen (secondary N) is 1. The molecule has 1 aromatic carbocycles. The molecule has 0 radical (unpaired) electrons. The van der Waals surface area contributed by atoms with Gasteiger partial charge in [0.1, 0.15) is 6.04 Å². The van der Waals surface area contributed by atoms with Gasteiger partial charge in [-0.15, -0.1) is 0 Å². The summed E-state index contributed by atoms with van der Waals surface area (Å²) in [6.07, 6.45) is 2.19. The maximum atomic E-state index is 12.1. The van der Waals surface area contributed by atoms with Crippen molar-refractivity contribution in [1.82, 2.24) is 4.90 Å². The quantitative estimate of drug-likeness (QED) is 0.827. The zero-order chi connectivity index (χ0) is 13.1. The molecule has 1 fully saturated rings. The average molecular weight is 268 g/mol. The first-order valence-corrected chi connectivity index (χ1v) is 6.56. The third-order valence-electron chi connectivity index (χ3n) is 3.18. The van der Waals surface area contributed by atoms with E-state index in [-0.39, 0.29) is 11.9 Å². The summed E-state index contributed by atoms with van der Waals surface area (Å²) in [4.78, 5) is 14.0. The number of rotatable bonds is 3. The fourth-order valence-corrected chi connectivity index (χ4v) is 2.33. The van der Waals surface area contributed by atoms with Crippen molar-refractivity contribution in [3.63, 3.8) is 0 Å². The largest absolute Gasteiger partial charge is 0.397 e. The lowest BCUT2D eigenvalue weighted by molar-refractivity contribution is -0.130. The SMILES string of the molecule is CC(Nc1cc(Cl)ccc1N)C(=O)N1CCCC1. The Morgan fingerprint density at radius 1 is 1.44 bits per heavy atom. The first-order valence-electron chi connectivity index (χ1n) is 6.18. The van der Waals surface area contributed by atoms with Crippen molar-refractivity contribution < 1.29 is 4.79 Å². The molecule has 1 aromatic rings. The molecule has 0 saturated carbocycles. The van der Waals surface area contributed by atoms with Crippen molar-refractivity contribution >= 4 is 28.9 Å². The summed E-state index contributed by atoms with van der Waals surface area (Å²) in [5.41, 5.74) is 7.15. The van der Waals surface area contributed by atoms with Crippen LogP contribution in [0.4, 0.5) is 11.4 Å². The highest BCUT2D eigenvalue weighted by atomic mass is 35.5. The molecule has 0 spiro atoms. The number of halogens is 1. The molecule has 98 valence electrons. The monoisotopic (exact) mass is 267 g/mol. The number of nitrogens with zero attached hydrogens (tertiary/aromatic N) is 1. The summed E-state index contributed by atoms with van der Waals surface area (Å²) >= 11 is 5.92. The molecule has 1 amide bonds. The molecular weight excluding hydrogens is 250 g/mol. The van der Waals surface area contributed by atoms with Gasteiger partial charge in [0.25, 0.3) is 0 Å². The minimum atomic E-state index is -0.288. The van der Waals surface area contributed by atoms with E-state index >= 15 is 0 Å². The van der Waals surface area contributed by atoms with Crippen molar-refractivity contribution in [2.24, 2.45) is 0 Å². The molecule has 1 atom stereocenters. The fourth-order valence-electron chi connectivity index (χ4n) is 2.16. The van der Waals surface area contributed by atoms with Gasteiger partial charge in [-0.25, -0.2) is 0 Å². The van der Waals surface area contributed by atoms with E-state index < -0.39 is 0 Å². The molecule has 3 N–H and O–H groups in total. The Balaban J connectivity index is 2.03. The number of carbonyl (C=O) groups excluding carboxylic acids is 1. The zero-order valence-corrected chi connectivity index (χ0v) is 11.2. The number of nitrogens with two attached hydrogens (primary N) is 1. The molecule has 1 heterocycles. The van der Waals surface area contributed by atoms with Crippen LogP contribution in [-0.4, -0.2) is 29.9 Å². The molecule has 0 bridgehead atoms. The van der Waals surface area contributed by atoms with E-state index in [1.54, 1.807) is 18.2 Å². The van der Waals surface area contributed by atoms with Gasteiger partial charge in [-0.3, -0.25) is 4.79 Å². The van der Waals surface area contributed by atoms with Crippen LogP contribution in [0.25, 0.3) is 0 Å². The summed E-state index contributed by atoms with van der Waals surface area (Å²) in [6, 6.07) is 4.92. The number of anilines is 2. The topological polar surface area (TPSA) is 58.4 Å². The van der Waals surface area contributed by atoms with Crippen LogP contribution in [0.2, 0.25) is 5.02 Å². The van der Waals surface area contributed by atoms with Crippen molar-refractivity contribution in [3.05, 3.63) is 23.2 Å². The number of nitrogen functional groups attached to an aromatic ring is 1. The number of hydrogen-bond acceptors (Lipinski definition) is 3. The second-order valence-corrected chi connectivity index (χ2v) is 5.07. The molecule has 1 aliphatic heterocycles. The summed E-state index contributed by atoms with van der Waals surface area (Å²) in [5, 5.41) is 3.73. The van der Waals surface area contributed by atoms with Crippen molar-refractivity contribution in [2.45, 2.75) is 25.8 Å². The van der Waals surface area contributed by atoms with E-state index in [0.29, 0.717) is 16.4 Å². The smallest absolute Gasteiger partial charge is 0.244 e. The van der Waals surface area contributed by atoms with Gasteiger partial charge in [-0.05, 0) is 38.0 Å². The van der Waals surface area contributed by atoms with E-state index in [1.807, 2.05) is 11.8 Å². The van der Waals surface area contributed by atoms with E-state index in [1.165, 1.54) is 0 Å². The van der Waals surface area contributed by atoms with Crippen LogP contribution >= 0.6 is 11.6 Å². The van der Waals surface area contributed by atoms with Crippen molar-refractivity contribution in [1.29, 1.82) is 0 Å². The number of benzene rings is 1. The van der Waals surface area contributed by atoms with E-state index in [0.717, 1.165) is 25.9 Å². The highest BCUT2D eigenvalue weighted by Crippen LogP contribution is 2.24. The Bertz CT molecular complexity index is 444. The van der Waals surface area contributed by atoms with Gasteiger partial charge in [-0.2, -0.15) is 0 Å². The highest BCUT2D eigenvalue weighted by molar-refractivity contribution is 6.31. The molecule has 18 heavy (non-hydrogen) atoms. The standard InChI is InChI=1S/C13H18ClN3O/c1-9(13(18)17-6-2-3-7-17)16-12-8-10(14)4-5-11(12)15/h4-5,8-9,16H,2-3,6-7,15H2,1H3. The van der Waals surface area contributed by atoms with Crippen LogP contribution in [-0.2, 0) is 4.79 Å². The van der Waals surface area contributed by atoms with Crippen LogP contribution in [0.5, 0.6) is 0 Å². The van der Waals surface area contributed by atoms with Gasteiger partial charge in [0.05, 0.1) is 11.4 Å². The number of likely N-dealkylation sites (tertiary alicyclic amines) is 1. The molecule has 0 aromatic heterocycles. The molecule has 5 heteroatoms. The zero-order valence-electron chi connectivity index (χ0n) is 10.4. The minimum Gasteiger partial charge on any atom is -0.397 e. The third kappa shape index (κ3) is 2.88. The first kappa shape index (κ1) is 13.0. The third-order valence-corrected chi connectivity index (χ3v) is 3.41. The Labute approximate surface area is 112 Å². The van der Waals surface area contributed by atoms with Crippen LogP contribution in [0.15, 0.2) is 18.2 Å². The van der Waals surface area contributed by atoms with Gasteiger partial charge >= 0.3 is 0 Å². The second kappa shape index (κ2) is 5.48. The minimum absolute atomic E-state index is 0.117. The van der Waals surface area contributed by atoms with Crippen molar-refractivity contribution in [2.75, 3.05) is 24.1 Å². The number of carbonyl (C=O) groups is 1. The summed E-state index contributed by atoms with van der Waals surface area (Å²) in [6.45, 7) is 3.56. The molecule has 1 aliphatic rings. The van der Waals surface area contributed by atoms with Crippen LogP contribution in [0, 0.1) is 0 Å².